The Hall–Kier alpha value is -1.93. The third-order valence-electron chi connectivity index (χ3n) is 3.66. The van der Waals surface area contributed by atoms with E-state index in [1.807, 2.05) is 0 Å². The summed E-state index contributed by atoms with van der Waals surface area (Å²) in [6, 6.07) is 3.07. The summed E-state index contributed by atoms with van der Waals surface area (Å²) >= 11 is 0.885. The molecule has 1 saturated heterocycles. The first-order valence-electron chi connectivity index (χ1n) is 7.22. The van der Waals surface area contributed by atoms with Gasteiger partial charge in [-0.15, -0.1) is 11.3 Å². The first kappa shape index (κ1) is 15.9. The van der Waals surface area contributed by atoms with Gasteiger partial charge in [-0.05, 0) is 30.4 Å². The quantitative estimate of drug-likeness (QED) is 0.839. The van der Waals surface area contributed by atoms with Crippen molar-refractivity contribution in [3.05, 3.63) is 40.3 Å². The maximum absolute atomic E-state index is 13.1. The smallest absolute Gasteiger partial charge is 0.273 e. The second-order valence-corrected chi connectivity index (χ2v) is 6.10. The molecule has 1 unspecified atom stereocenters. The van der Waals surface area contributed by atoms with E-state index in [-0.39, 0.29) is 16.5 Å². The van der Waals surface area contributed by atoms with Gasteiger partial charge < -0.3 is 9.64 Å². The summed E-state index contributed by atoms with van der Waals surface area (Å²) in [7, 11) is 0. The zero-order chi connectivity index (χ0) is 16.2. The number of ether oxygens (including phenoxy) is 1. The van der Waals surface area contributed by atoms with Crippen molar-refractivity contribution in [2.75, 3.05) is 18.1 Å². The number of thiophene rings is 1. The van der Waals surface area contributed by atoms with Gasteiger partial charge in [-0.2, -0.15) is 10.2 Å². The lowest BCUT2D eigenvalue weighted by molar-refractivity contribution is 0.0909. The molecule has 0 aromatic carbocycles. The molecule has 1 fully saturated rings. The molecule has 0 spiro atoms. The summed E-state index contributed by atoms with van der Waals surface area (Å²) in [5, 5.41) is 8.97. The van der Waals surface area contributed by atoms with Crippen molar-refractivity contribution >= 4 is 22.9 Å². The van der Waals surface area contributed by atoms with E-state index in [9.17, 15) is 13.6 Å². The van der Waals surface area contributed by atoms with Crippen LogP contribution in [-0.2, 0) is 4.74 Å². The van der Waals surface area contributed by atoms with Crippen LogP contribution in [0, 0.1) is 0 Å². The van der Waals surface area contributed by atoms with Crippen LogP contribution in [0.1, 0.15) is 34.5 Å². The number of halogens is 2. The summed E-state index contributed by atoms with van der Waals surface area (Å²) in [4.78, 5) is 14.0. The second kappa shape index (κ2) is 7.10. The van der Waals surface area contributed by atoms with E-state index < -0.39 is 12.3 Å². The van der Waals surface area contributed by atoms with Crippen LogP contribution in [0.25, 0.3) is 0 Å². The number of alkyl halides is 2. The van der Waals surface area contributed by atoms with Crippen molar-refractivity contribution in [3.8, 4) is 0 Å². The molecule has 8 heteroatoms. The third-order valence-corrected chi connectivity index (χ3v) is 4.58. The SMILES string of the molecule is O=C(c1ccsc1C(F)F)N(CC1CCCO1)c1ccnnc1. The van der Waals surface area contributed by atoms with Crippen molar-refractivity contribution in [2.45, 2.75) is 25.4 Å². The highest BCUT2D eigenvalue weighted by molar-refractivity contribution is 7.10. The number of carbonyl (C=O) groups excluding carboxylic acids is 1. The fraction of sp³-hybridized carbons (Fsp3) is 0.400. The molecular weight excluding hydrogens is 324 g/mol. The van der Waals surface area contributed by atoms with Gasteiger partial charge in [-0.25, -0.2) is 8.78 Å². The Kier molecular flexibility index (Phi) is 4.92. The van der Waals surface area contributed by atoms with E-state index in [2.05, 4.69) is 10.2 Å². The van der Waals surface area contributed by atoms with Gasteiger partial charge in [0.05, 0.1) is 41.2 Å². The molecule has 0 N–H and O–H groups in total. The summed E-state index contributed by atoms with van der Waals surface area (Å²) < 4.78 is 31.7. The van der Waals surface area contributed by atoms with E-state index in [0.29, 0.717) is 18.8 Å². The van der Waals surface area contributed by atoms with Crippen LogP contribution in [0.4, 0.5) is 14.5 Å². The van der Waals surface area contributed by atoms with Crippen LogP contribution in [0.15, 0.2) is 29.9 Å². The molecule has 0 radical (unpaired) electrons. The predicted molar refractivity (Wildman–Crippen MR) is 82.0 cm³/mol. The molecule has 0 bridgehead atoms. The molecule has 3 rings (SSSR count). The average molecular weight is 339 g/mol. The second-order valence-electron chi connectivity index (χ2n) is 5.15. The van der Waals surface area contributed by atoms with Crippen LogP contribution >= 0.6 is 11.3 Å². The lowest BCUT2D eigenvalue weighted by atomic mass is 10.1. The molecule has 0 saturated carbocycles. The molecule has 3 heterocycles. The molecule has 1 aliphatic rings. The number of amides is 1. The zero-order valence-electron chi connectivity index (χ0n) is 12.2. The summed E-state index contributed by atoms with van der Waals surface area (Å²) in [5.41, 5.74) is 0.548. The van der Waals surface area contributed by atoms with Crippen molar-refractivity contribution in [1.82, 2.24) is 10.2 Å². The van der Waals surface area contributed by atoms with Gasteiger partial charge in [0, 0.05) is 6.61 Å². The Morgan fingerprint density at radius 2 is 2.30 bits per heavy atom. The largest absolute Gasteiger partial charge is 0.376 e. The lowest BCUT2D eigenvalue weighted by Crippen LogP contribution is -2.37. The number of rotatable bonds is 5. The van der Waals surface area contributed by atoms with Crippen molar-refractivity contribution < 1.29 is 18.3 Å². The molecule has 5 nitrogen and oxygen atoms in total. The standard InChI is InChI=1S/C15H15F2N3O2S/c16-14(17)13-12(4-7-23-13)15(21)20(9-11-2-1-6-22-11)10-3-5-18-19-8-10/h3-5,7-8,11,14H,1-2,6,9H2. The maximum Gasteiger partial charge on any atom is 0.273 e. The van der Waals surface area contributed by atoms with Gasteiger partial charge in [0.1, 0.15) is 0 Å². The van der Waals surface area contributed by atoms with Gasteiger partial charge in [0.2, 0.25) is 0 Å². The van der Waals surface area contributed by atoms with Crippen LogP contribution in [-0.4, -0.2) is 35.4 Å². The Labute approximate surface area is 135 Å². The Balaban J connectivity index is 1.90. The highest BCUT2D eigenvalue weighted by atomic mass is 32.1. The predicted octanol–water partition coefficient (Wildman–Crippen LogP) is 3.30. The number of carbonyl (C=O) groups is 1. The van der Waals surface area contributed by atoms with Gasteiger partial charge in [-0.1, -0.05) is 0 Å². The Morgan fingerprint density at radius 1 is 1.43 bits per heavy atom. The minimum atomic E-state index is -2.67. The number of aromatic nitrogens is 2. The van der Waals surface area contributed by atoms with E-state index in [1.54, 1.807) is 6.07 Å². The molecule has 1 amide bonds. The summed E-state index contributed by atoms with van der Waals surface area (Å²) in [6.07, 6.45) is 1.92. The maximum atomic E-state index is 13.1. The molecule has 23 heavy (non-hydrogen) atoms. The Morgan fingerprint density at radius 3 is 2.96 bits per heavy atom. The van der Waals surface area contributed by atoms with Crippen LogP contribution in [0.5, 0.6) is 0 Å². The highest BCUT2D eigenvalue weighted by Gasteiger charge is 2.28. The number of hydrogen-bond acceptors (Lipinski definition) is 5. The van der Waals surface area contributed by atoms with E-state index in [0.717, 1.165) is 24.2 Å². The molecule has 1 atom stereocenters. The fourth-order valence-corrected chi connectivity index (χ4v) is 3.29. The normalized spacial score (nSPS) is 17.6. The fourth-order valence-electron chi connectivity index (χ4n) is 2.55. The third kappa shape index (κ3) is 3.53. The van der Waals surface area contributed by atoms with Crippen LogP contribution < -0.4 is 4.90 Å². The summed E-state index contributed by atoms with van der Waals surface area (Å²) in [5.74, 6) is -0.468. The average Bonchev–Trinajstić information content (AvgIpc) is 3.24. The van der Waals surface area contributed by atoms with E-state index in [4.69, 9.17) is 4.74 Å². The zero-order valence-corrected chi connectivity index (χ0v) is 13.0. The van der Waals surface area contributed by atoms with Gasteiger partial charge in [-0.3, -0.25) is 4.79 Å². The molecule has 2 aromatic heterocycles. The van der Waals surface area contributed by atoms with Gasteiger partial charge >= 0.3 is 0 Å². The van der Waals surface area contributed by atoms with Crippen molar-refractivity contribution in [3.63, 3.8) is 0 Å². The number of nitrogens with zero attached hydrogens (tertiary/aromatic N) is 3. The van der Waals surface area contributed by atoms with Gasteiger partial charge in [0.25, 0.3) is 12.3 Å². The first-order chi connectivity index (χ1) is 11.2. The van der Waals surface area contributed by atoms with E-state index in [1.165, 1.54) is 28.7 Å². The van der Waals surface area contributed by atoms with Crippen LogP contribution in [0.2, 0.25) is 0 Å². The highest BCUT2D eigenvalue weighted by Crippen LogP contribution is 2.30. The van der Waals surface area contributed by atoms with Crippen molar-refractivity contribution in [1.29, 1.82) is 0 Å². The van der Waals surface area contributed by atoms with Crippen molar-refractivity contribution in [2.24, 2.45) is 0 Å². The molecular formula is C15H15F2N3O2S. The molecule has 1 aliphatic heterocycles. The molecule has 122 valence electrons. The monoisotopic (exact) mass is 339 g/mol. The minimum absolute atomic E-state index is 0.0276. The summed E-state index contributed by atoms with van der Waals surface area (Å²) in [6.45, 7) is 0.963. The van der Waals surface area contributed by atoms with E-state index >= 15 is 0 Å². The number of hydrogen-bond donors (Lipinski definition) is 0. The first-order valence-corrected chi connectivity index (χ1v) is 8.10. The Bertz CT molecular complexity index is 660. The lowest BCUT2D eigenvalue weighted by Gasteiger charge is -2.25. The number of anilines is 1. The topological polar surface area (TPSA) is 55.3 Å². The molecule has 0 aliphatic carbocycles. The minimum Gasteiger partial charge on any atom is -0.376 e. The van der Waals surface area contributed by atoms with Gasteiger partial charge in [0.15, 0.2) is 0 Å². The van der Waals surface area contributed by atoms with Crippen LogP contribution in [0.3, 0.4) is 0 Å². The molecule has 2 aromatic rings.